The molecule has 2 nitrogen and oxygen atoms in total. The van der Waals surface area contributed by atoms with Gasteiger partial charge >= 0.3 is 0 Å². The molecule has 0 bridgehead atoms. The standard InChI is InChI=1S/C6H10O2/c7-5-3-8-4-6(5)1-2-6/h5,7H,1-4H2. The normalized spacial score (nSPS) is 40.9. The average molecular weight is 114 g/mol. The van der Waals surface area contributed by atoms with Crippen molar-refractivity contribution in [2.75, 3.05) is 13.2 Å². The van der Waals surface area contributed by atoms with Crippen LogP contribution in [0, 0.1) is 5.41 Å². The number of ether oxygens (including phenoxy) is 1. The van der Waals surface area contributed by atoms with E-state index in [-0.39, 0.29) is 11.5 Å². The number of hydrogen-bond acceptors (Lipinski definition) is 2. The van der Waals surface area contributed by atoms with E-state index in [0.29, 0.717) is 6.61 Å². The molecule has 1 aliphatic carbocycles. The molecule has 1 heterocycles. The fourth-order valence-corrected chi connectivity index (χ4v) is 1.28. The van der Waals surface area contributed by atoms with E-state index in [1.165, 1.54) is 12.8 Å². The number of rotatable bonds is 0. The summed E-state index contributed by atoms with van der Waals surface area (Å²) in [6.07, 6.45) is 2.20. The molecule has 2 aliphatic rings. The summed E-state index contributed by atoms with van der Waals surface area (Å²) in [5, 5.41) is 9.19. The first-order valence-electron chi connectivity index (χ1n) is 3.09. The largest absolute Gasteiger partial charge is 0.390 e. The van der Waals surface area contributed by atoms with Crippen molar-refractivity contribution < 1.29 is 9.84 Å². The zero-order valence-electron chi connectivity index (χ0n) is 4.76. The molecule has 2 rings (SSSR count). The smallest absolute Gasteiger partial charge is 0.0851 e. The summed E-state index contributed by atoms with van der Waals surface area (Å²) in [4.78, 5) is 0. The van der Waals surface area contributed by atoms with Gasteiger partial charge in [0.15, 0.2) is 0 Å². The maximum atomic E-state index is 9.19. The Labute approximate surface area is 48.5 Å². The number of aliphatic hydroxyl groups excluding tert-OH is 1. The Balaban J connectivity index is 2.12. The minimum absolute atomic E-state index is 0.150. The Morgan fingerprint density at radius 3 is 2.50 bits per heavy atom. The van der Waals surface area contributed by atoms with E-state index in [1.807, 2.05) is 0 Å². The molecule has 1 saturated heterocycles. The molecule has 46 valence electrons. The van der Waals surface area contributed by atoms with Crippen molar-refractivity contribution in [3.05, 3.63) is 0 Å². The predicted molar refractivity (Wildman–Crippen MR) is 28.5 cm³/mol. The Bertz CT molecular complexity index is 107. The molecule has 0 radical (unpaired) electrons. The van der Waals surface area contributed by atoms with Crippen LogP contribution in [-0.2, 0) is 4.74 Å². The minimum atomic E-state index is -0.150. The van der Waals surface area contributed by atoms with Crippen molar-refractivity contribution in [1.82, 2.24) is 0 Å². The lowest BCUT2D eigenvalue weighted by Crippen LogP contribution is -2.18. The van der Waals surface area contributed by atoms with Gasteiger partial charge in [0.2, 0.25) is 0 Å². The van der Waals surface area contributed by atoms with Crippen LogP contribution >= 0.6 is 0 Å². The molecule has 1 atom stereocenters. The van der Waals surface area contributed by atoms with Gasteiger partial charge in [-0.05, 0) is 12.8 Å². The van der Waals surface area contributed by atoms with Gasteiger partial charge in [-0.2, -0.15) is 0 Å². The summed E-state index contributed by atoms with van der Waals surface area (Å²) >= 11 is 0. The van der Waals surface area contributed by atoms with E-state index >= 15 is 0 Å². The third-order valence-electron chi connectivity index (χ3n) is 2.26. The van der Waals surface area contributed by atoms with E-state index in [9.17, 15) is 5.11 Å². The highest BCUT2D eigenvalue weighted by Crippen LogP contribution is 2.51. The van der Waals surface area contributed by atoms with Crippen molar-refractivity contribution in [3.8, 4) is 0 Å². The Morgan fingerprint density at radius 1 is 1.50 bits per heavy atom. The van der Waals surface area contributed by atoms with Crippen molar-refractivity contribution in [3.63, 3.8) is 0 Å². The molecule has 1 N–H and O–H groups in total. The third kappa shape index (κ3) is 0.446. The SMILES string of the molecule is OC1COCC12CC2. The van der Waals surface area contributed by atoms with Crippen LogP contribution < -0.4 is 0 Å². The summed E-state index contributed by atoms with van der Waals surface area (Å²) in [6, 6.07) is 0. The Hall–Kier alpha value is -0.0800. The first-order chi connectivity index (χ1) is 3.83. The molecular formula is C6H10O2. The highest BCUT2D eigenvalue weighted by Gasteiger charge is 2.52. The zero-order chi connectivity index (χ0) is 5.61. The van der Waals surface area contributed by atoms with Crippen LogP contribution in [0.4, 0.5) is 0 Å². The molecule has 1 unspecified atom stereocenters. The van der Waals surface area contributed by atoms with Gasteiger partial charge in [-0.3, -0.25) is 0 Å². The van der Waals surface area contributed by atoms with Crippen LogP contribution in [0.5, 0.6) is 0 Å². The number of aliphatic hydroxyl groups is 1. The lowest BCUT2D eigenvalue weighted by atomic mass is 10.0. The monoisotopic (exact) mass is 114 g/mol. The topological polar surface area (TPSA) is 29.5 Å². The van der Waals surface area contributed by atoms with Crippen molar-refractivity contribution in [2.24, 2.45) is 5.41 Å². The minimum Gasteiger partial charge on any atom is -0.390 e. The molecule has 2 fully saturated rings. The molecule has 2 heteroatoms. The van der Waals surface area contributed by atoms with Gasteiger partial charge in [-0.15, -0.1) is 0 Å². The van der Waals surface area contributed by atoms with E-state index in [4.69, 9.17) is 4.74 Å². The highest BCUT2D eigenvalue weighted by molar-refractivity contribution is 5.01. The number of hydrogen-bond donors (Lipinski definition) is 1. The molecule has 0 aromatic rings. The molecule has 8 heavy (non-hydrogen) atoms. The lowest BCUT2D eigenvalue weighted by molar-refractivity contribution is 0.114. The second kappa shape index (κ2) is 1.25. The van der Waals surface area contributed by atoms with Gasteiger partial charge in [0.25, 0.3) is 0 Å². The van der Waals surface area contributed by atoms with E-state index in [1.54, 1.807) is 0 Å². The highest BCUT2D eigenvalue weighted by atomic mass is 16.5. The van der Waals surface area contributed by atoms with Crippen LogP contribution in [0.3, 0.4) is 0 Å². The quantitative estimate of drug-likeness (QED) is 0.486. The predicted octanol–water partition coefficient (Wildman–Crippen LogP) is 0.158. The first-order valence-corrected chi connectivity index (χ1v) is 3.09. The zero-order valence-corrected chi connectivity index (χ0v) is 4.76. The van der Waals surface area contributed by atoms with Crippen LogP contribution in [0.25, 0.3) is 0 Å². The summed E-state index contributed by atoms with van der Waals surface area (Å²) in [5.41, 5.74) is 0.236. The lowest BCUT2D eigenvalue weighted by Gasteiger charge is -2.05. The van der Waals surface area contributed by atoms with E-state index < -0.39 is 0 Å². The van der Waals surface area contributed by atoms with Crippen LogP contribution in [-0.4, -0.2) is 24.4 Å². The first kappa shape index (κ1) is 4.77. The summed E-state index contributed by atoms with van der Waals surface area (Å²) < 4.78 is 5.08. The molecule has 1 saturated carbocycles. The average Bonchev–Trinajstić information content (AvgIpc) is 2.39. The van der Waals surface area contributed by atoms with Crippen molar-refractivity contribution in [1.29, 1.82) is 0 Å². The second-order valence-corrected chi connectivity index (χ2v) is 2.89. The summed E-state index contributed by atoms with van der Waals surface area (Å²) in [7, 11) is 0. The van der Waals surface area contributed by atoms with E-state index in [2.05, 4.69) is 0 Å². The Morgan fingerprint density at radius 2 is 2.25 bits per heavy atom. The van der Waals surface area contributed by atoms with Crippen LogP contribution in [0.1, 0.15) is 12.8 Å². The van der Waals surface area contributed by atoms with Crippen LogP contribution in [0.15, 0.2) is 0 Å². The fraction of sp³-hybridized carbons (Fsp3) is 1.00. The van der Waals surface area contributed by atoms with Crippen LogP contribution in [0.2, 0.25) is 0 Å². The summed E-state index contributed by atoms with van der Waals surface area (Å²) in [5.74, 6) is 0. The maximum Gasteiger partial charge on any atom is 0.0851 e. The molecule has 0 aromatic carbocycles. The van der Waals surface area contributed by atoms with Crippen molar-refractivity contribution >= 4 is 0 Å². The molecular weight excluding hydrogens is 104 g/mol. The molecule has 1 aliphatic heterocycles. The Kier molecular flexibility index (Phi) is 0.746. The molecule has 0 amide bonds. The van der Waals surface area contributed by atoms with Gasteiger partial charge in [0, 0.05) is 5.41 Å². The fourth-order valence-electron chi connectivity index (χ4n) is 1.28. The van der Waals surface area contributed by atoms with Gasteiger partial charge in [-0.1, -0.05) is 0 Å². The van der Waals surface area contributed by atoms with Crippen molar-refractivity contribution in [2.45, 2.75) is 18.9 Å². The summed E-state index contributed by atoms with van der Waals surface area (Å²) in [6.45, 7) is 1.37. The van der Waals surface area contributed by atoms with E-state index in [0.717, 1.165) is 6.61 Å². The van der Waals surface area contributed by atoms with Gasteiger partial charge < -0.3 is 9.84 Å². The van der Waals surface area contributed by atoms with Gasteiger partial charge in [-0.25, -0.2) is 0 Å². The van der Waals surface area contributed by atoms with Gasteiger partial charge in [0.05, 0.1) is 19.3 Å². The maximum absolute atomic E-state index is 9.19. The molecule has 0 aromatic heterocycles. The third-order valence-corrected chi connectivity index (χ3v) is 2.26. The molecule has 1 spiro atoms. The van der Waals surface area contributed by atoms with Gasteiger partial charge in [0.1, 0.15) is 0 Å². The second-order valence-electron chi connectivity index (χ2n) is 2.89.